The molecule has 4 atom stereocenters. The second-order valence-corrected chi connectivity index (χ2v) is 23.3. The molecule has 8 aliphatic heterocycles. The fourth-order valence-electron chi connectivity index (χ4n) is 12.1. The SMILES string of the molecule is C[C@H]1CN(C(=O)OC(C)(C)C)CCN1CCCCN1CCN(c2ccc3c(c2)C(=O)N(C2CCC(=O)NC2=O)C3=O)CC1.C[C@H]1CNCCN1CCCCN1CCN(c2ccc3c(c2)C(=O)N(C2CCC(=O)NC2=O)C3=O)CC1. The normalized spacial score (nSPS) is 24.8. The summed E-state index contributed by atoms with van der Waals surface area (Å²) in [5, 5.41) is 7.91. The lowest BCUT2D eigenvalue weighted by atomic mass is 10.0. The molecule has 79 heavy (non-hydrogen) atoms. The Morgan fingerprint density at radius 1 is 0.544 bits per heavy atom. The van der Waals surface area contributed by atoms with Crippen molar-refractivity contribution < 1.29 is 47.9 Å². The van der Waals surface area contributed by atoms with Crippen LogP contribution in [-0.4, -0.2) is 235 Å². The van der Waals surface area contributed by atoms with Crippen molar-refractivity contribution >= 4 is 64.7 Å². The second-order valence-electron chi connectivity index (χ2n) is 23.3. The first-order valence-electron chi connectivity index (χ1n) is 28.7. The Balaban J connectivity index is 0.000000195. The first-order valence-corrected chi connectivity index (χ1v) is 28.7. The molecule has 22 heteroatoms. The minimum absolute atomic E-state index is 0.102. The van der Waals surface area contributed by atoms with Gasteiger partial charge in [0.25, 0.3) is 23.6 Å². The standard InChI is InChI=1S/C31H44N6O6.C26H36N6O4/c1-21-20-36(30(42)43-31(2,3)4)18-17-34(21)12-6-5-11-33-13-15-35(16-14-33)22-7-8-23-24(19-22)29(41)37(28(23)40)25-9-10-26(38)32-27(25)39;1-18-17-27-8-11-30(18)10-3-2-9-29-12-14-31(15-13-29)19-4-5-20-21(16-19)26(36)32(25(20)35)22-6-7-23(33)28-24(22)34/h7-8,19,21,25H,5-6,9-18,20H2,1-4H3,(H,32,38,39);4-5,16,18,22,27H,2-3,6-15,17H2,1H3,(H,28,33,34)/t21-,25?;18-,22?/m00/s1. The van der Waals surface area contributed by atoms with Gasteiger partial charge in [-0.25, -0.2) is 4.79 Å². The highest BCUT2D eigenvalue weighted by atomic mass is 16.6. The molecule has 3 N–H and O–H groups in total. The van der Waals surface area contributed by atoms with Gasteiger partial charge in [-0.15, -0.1) is 0 Å². The minimum Gasteiger partial charge on any atom is -0.444 e. The van der Waals surface area contributed by atoms with Gasteiger partial charge in [0.2, 0.25) is 23.6 Å². The van der Waals surface area contributed by atoms with Crippen LogP contribution in [0.3, 0.4) is 0 Å². The highest BCUT2D eigenvalue weighted by molar-refractivity contribution is 6.24. The highest BCUT2D eigenvalue weighted by Gasteiger charge is 2.46. The summed E-state index contributed by atoms with van der Waals surface area (Å²) in [6.07, 6.45) is 4.92. The third-order valence-corrected chi connectivity index (χ3v) is 16.7. The molecule has 0 aliphatic carbocycles. The molecule has 8 heterocycles. The molecule has 0 radical (unpaired) electrons. The topological polar surface area (TPSA) is 228 Å². The molecule has 10 rings (SSSR count). The Morgan fingerprint density at radius 2 is 0.987 bits per heavy atom. The maximum atomic E-state index is 13.2. The van der Waals surface area contributed by atoms with Gasteiger partial charge in [-0.1, -0.05) is 0 Å². The van der Waals surface area contributed by atoms with Crippen LogP contribution in [0.2, 0.25) is 0 Å². The van der Waals surface area contributed by atoms with E-state index in [0.29, 0.717) is 47.4 Å². The monoisotopic (exact) mass is 1090 g/mol. The summed E-state index contributed by atoms with van der Waals surface area (Å²) in [5.74, 6) is -3.81. The largest absolute Gasteiger partial charge is 0.444 e. The number of nitrogens with zero attached hydrogens (tertiary/aromatic N) is 9. The molecule has 2 aromatic rings. The lowest BCUT2D eigenvalue weighted by Crippen LogP contribution is -2.54. The molecule has 6 saturated heterocycles. The quantitative estimate of drug-likeness (QED) is 0.182. The number of amides is 9. The maximum absolute atomic E-state index is 13.2. The number of ether oxygens (including phenoxy) is 1. The Kier molecular flexibility index (Phi) is 18.1. The van der Waals surface area contributed by atoms with E-state index >= 15 is 0 Å². The van der Waals surface area contributed by atoms with Crippen molar-refractivity contribution in [2.75, 3.05) is 128 Å². The number of hydrogen-bond acceptors (Lipinski definition) is 17. The minimum atomic E-state index is -0.956. The van der Waals surface area contributed by atoms with Gasteiger partial charge in [0.05, 0.1) is 22.3 Å². The summed E-state index contributed by atoms with van der Waals surface area (Å²) < 4.78 is 5.53. The number of nitrogens with one attached hydrogen (secondary N) is 3. The number of fused-ring (bicyclic) bond motifs is 2. The molecule has 0 spiro atoms. The van der Waals surface area contributed by atoms with Gasteiger partial charge in [-0.3, -0.25) is 78.4 Å². The zero-order chi connectivity index (χ0) is 56.1. The zero-order valence-corrected chi connectivity index (χ0v) is 46.8. The van der Waals surface area contributed by atoms with E-state index in [-0.39, 0.29) is 43.6 Å². The number of benzene rings is 2. The van der Waals surface area contributed by atoms with Crippen molar-refractivity contribution in [1.29, 1.82) is 0 Å². The van der Waals surface area contributed by atoms with Crippen LogP contribution in [0.25, 0.3) is 0 Å². The van der Waals surface area contributed by atoms with Crippen molar-refractivity contribution in [1.82, 2.24) is 50.2 Å². The molecule has 2 aromatic carbocycles. The van der Waals surface area contributed by atoms with E-state index in [1.54, 1.807) is 24.3 Å². The van der Waals surface area contributed by atoms with Crippen LogP contribution in [0.5, 0.6) is 0 Å². The van der Waals surface area contributed by atoms with Gasteiger partial charge >= 0.3 is 6.09 Å². The number of carbonyl (C=O) groups excluding carboxylic acids is 9. The van der Waals surface area contributed by atoms with E-state index in [9.17, 15) is 43.2 Å². The van der Waals surface area contributed by atoms with Gasteiger partial charge in [0.1, 0.15) is 17.7 Å². The van der Waals surface area contributed by atoms with Crippen LogP contribution in [0.15, 0.2) is 36.4 Å². The first kappa shape index (κ1) is 57.4. The van der Waals surface area contributed by atoms with Crippen LogP contribution < -0.4 is 25.8 Å². The van der Waals surface area contributed by atoms with Crippen molar-refractivity contribution in [2.24, 2.45) is 0 Å². The Bertz CT molecular complexity index is 2660. The summed E-state index contributed by atoms with van der Waals surface area (Å²) in [7, 11) is 0. The van der Waals surface area contributed by atoms with Gasteiger partial charge in [0, 0.05) is 128 Å². The van der Waals surface area contributed by atoms with Gasteiger partial charge in [-0.05, 0) is 136 Å². The number of anilines is 2. The predicted molar refractivity (Wildman–Crippen MR) is 295 cm³/mol. The van der Waals surface area contributed by atoms with Gasteiger partial charge < -0.3 is 24.8 Å². The third kappa shape index (κ3) is 13.5. The number of piperazine rings is 4. The van der Waals surface area contributed by atoms with Crippen molar-refractivity contribution in [3.63, 3.8) is 0 Å². The highest BCUT2D eigenvalue weighted by Crippen LogP contribution is 2.33. The first-order chi connectivity index (χ1) is 37.8. The fraction of sp³-hybridized carbons (Fsp3) is 0.632. The average Bonchev–Trinajstić information content (AvgIpc) is 4.05. The third-order valence-electron chi connectivity index (χ3n) is 16.7. The van der Waals surface area contributed by atoms with Crippen molar-refractivity contribution in [3.8, 4) is 0 Å². The molecule has 0 aromatic heterocycles. The molecule has 2 unspecified atom stereocenters. The molecule has 0 saturated carbocycles. The summed E-state index contributed by atoms with van der Waals surface area (Å²) >= 11 is 0. The predicted octanol–water partition coefficient (Wildman–Crippen LogP) is 2.21. The second kappa shape index (κ2) is 25.0. The van der Waals surface area contributed by atoms with E-state index in [1.165, 1.54) is 19.4 Å². The Hall–Kier alpha value is -6.33. The smallest absolute Gasteiger partial charge is 0.410 e. The van der Waals surface area contributed by atoms with Gasteiger partial charge in [0.15, 0.2) is 0 Å². The summed E-state index contributed by atoms with van der Waals surface area (Å²) in [6.45, 7) is 27.1. The fourth-order valence-corrected chi connectivity index (χ4v) is 12.1. The summed E-state index contributed by atoms with van der Waals surface area (Å²) in [5.41, 5.74) is 2.62. The van der Waals surface area contributed by atoms with Crippen LogP contribution in [0.1, 0.15) is 127 Å². The Morgan fingerprint density at radius 3 is 1.42 bits per heavy atom. The number of piperidine rings is 2. The van der Waals surface area contributed by atoms with Crippen LogP contribution in [0, 0.1) is 0 Å². The molecule has 0 bridgehead atoms. The average molecular weight is 1090 g/mol. The van der Waals surface area contributed by atoms with Crippen LogP contribution in [0.4, 0.5) is 16.2 Å². The molecular weight excluding hydrogens is 1010 g/mol. The van der Waals surface area contributed by atoms with Crippen LogP contribution in [-0.2, 0) is 23.9 Å². The molecule has 8 aliphatic rings. The van der Waals surface area contributed by atoms with Gasteiger partial charge in [-0.2, -0.15) is 0 Å². The van der Waals surface area contributed by atoms with E-state index in [4.69, 9.17) is 4.74 Å². The van der Waals surface area contributed by atoms with Crippen molar-refractivity contribution in [2.45, 2.75) is 116 Å². The lowest BCUT2D eigenvalue weighted by molar-refractivity contribution is -0.137. The van der Waals surface area contributed by atoms with E-state index in [1.807, 2.05) is 37.8 Å². The van der Waals surface area contributed by atoms with Crippen molar-refractivity contribution in [3.05, 3.63) is 58.7 Å². The zero-order valence-electron chi connectivity index (χ0n) is 46.8. The molecular formula is C57H80N12O10. The number of imide groups is 4. The molecule has 22 nitrogen and oxygen atoms in total. The van der Waals surface area contributed by atoms with E-state index < -0.39 is 53.1 Å². The Labute approximate surface area is 463 Å². The van der Waals surface area contributed by atoms with Crippen LogP contribution >= 0.6 is 0 Å². The summed E-state index contributed by atoms with van der Waals surface area (Å²) in [6, 6.07) is 9.71. The summed E-state index contributed by atoms with van der Waals surface area (Å²) in [4.78, 5) is 131. The molecule has 428 valence electrons. The van der Waals surface area contributed by atoms with E-state index in [0.717, 1.165) is 132 Å². The lowest BCUT2D eigenvalue weighted by Gasteiger charge is -2.40. The number of unbranched alkanes of at least 4 members (excludes halogenated alkanes) is 2. The number of hydrogen-bond donors (Lipinski definition) is 3. The maximum Gasteiger partial charge on any atom is 0.410 e. The van der Waals surface area contributed by atoms with E-state index in [2.05, 4.69) is 59.2 Å². The number of carbonyl (C=O) groups is 9. The molecule has 9 amide bonds. The number of rotatable bonds is 14. The molecule has 6 fully saturated rings.